The van der Waals surface area contributed by atoms with Crippen molar-refractivity contribution < 1.29 is 14.3 Å². The molecule has 3 N–H and O–H groups in total. The number of imidazole rings is 1. The summed E-state index contributed by atoms with van der Waals surface area (Å²) in [5.74, 6) is 0.658. The number of halogens is 1. The monoisotopic (exact) mass is 626 g/mol. The number of fused-ring (bicyclic) bond motifs is 1. The van der Waals surface area contributed by atoms with Gasteiger partial charge < -0.3 is 25.3 Å². The van der Waals surface area contributed by atoms with Crippen LogP contribution in [0.3, 0.4) is 0 Å². The van der Waals surface area contributed by atoms with Gasteiger partial charge in [-0.25, -0.2) is 19.7 Å². The van der Waals surface area contributed by atoms with Gasteiger partial charge in [-0.1, -0.05) is 24.3 Å². The third-order valence-corrected chi connectivity index (χ3v) is 7.51. The molecule has 0 spiro atoms. The Hall–Kier alpha value is -3.55. The number of carbonyl (C=O) groups is 2. The summed E-state index contributed by atoms with van der Waals surface area (Å²) >= 11 is 5.09. The molecule has 0 saturated carbocycles. The molecule has 3 aromatic heterocycles. The maximum atomic E-state index is 12.4. The van der Waals surface area contributed by atoms with E-state index in [0.717, 1.165) is 53.0 Å². The van der Waals surface area contributed by atoms with Gasteiger partial charge in [0.05, 0.1) is 16.7 Å². The van der Waals surface area contributed by atoms with Gasteiger partial charge in [-0.15, -0.1) is 11.3 Å². The Morgan fingerprint density at radius 3 is 2.55 bits per heavy atom. The molecule has 0 aliphatic carbocycles. The second kappa shape index (κ2) is 11.9. The quantitative estimate of drug-likeness (QED) is 0.271. The fourth-order valence-corrected chi connectivity index (χ4v) is 5.49. The first-order chi connectivity index (χ1) is 19.1. The average Bonchev–Trinajstić information content (AvgIpc) is 3.57. The number of pyridine rings is 1. The lowest BCUT2D eigenvalue weighted by Gasteiger charge is -2.36. The molecule has 0 radical (unpaired) electrons. The molecule has 4 heterocycles. The van der Waals surface area contributed by atoms with Crippen molar-refractivity contribution in [2.24, 2.45) is 0 Å². The van der Waals surface area contributed by atoms with Crippen LogP contribution in [0.2, 0.25) is 0 Å². The van der Waals surface area contributed by atoms with Crippen molar-refractivity contribution in [2.45, 2.75) is 32.9 Å². The summed E-state index contributed by atoms with van der Waals surface area (Å²) in [5.41, 5.74) is 3.80. The van der Waals surface area contributed by atoms with Crippen LogP contribution in [0.15, 0.2) is 46.5 Å². The number of amides is 2. The zero-order valence-corrected chi connectivity index (χ0v) is 24.9. The highest BCUT2D eigenvalue weighted by Crippen LogP contribution is 2.34. The zero-order valence-electron chi connectivity index (χ0n) is 22.5. The summed E-state index contributed by atoms with van der Waals surface area (Å²) in [6, 6.07) is 7.84. The van der Waals surface area contributed by atoms with Crippen LogP contribution in [0.4, 0.5) is 15.6 Å². The number of nitrogens with zero attached hydrogens (tertiary/aromatic N) is 5. The molecule has 5 rings (SSSR count). The lowest BCUT2D eigenvalue weighted by atomic mass is 10.1. The largest absolute Gasteiger partial charge is 0.444 e. The number of aromatic amines is 1. The van der Waals surface area contributed by atoms with Crippen LogP contribution in [-0.2, 0) is 16.1 Å². The second-order valence-electron chi connectivity index (χ2n) is 10.4. The van der Waals surface area contributed by atoms with Gasteiger partial charge in [0.25, 0.3) is 0 Å². The number of anilines is 2. The van der Waals surface area contributed by atoms with E-state index < -0.39 is 11.7 Å². The first kappa shape index (κ1) is 28.0. The highest BCUT2D eigenvalue weighted by atomic mass is 79.9. The highest BCUT2D eigenvalue weighted by Gasteiger charge is 2.24. The van der Waals surface area contributed by atoms with E-state index >= 15 is 0 Å². The minimum atomic E-state index is -0.538. The predicted octanol–water partition coefficient (Wildman–Crippen LogP) is 4.63. The van der Waals surface area contributed by atoms with E-state index in [0.29, 0.717) is 29.7 Å². The van der Waals surface area contributed by atoms with E-state index in [1.807, 2.05) is 50.4 Å². The van der Waals surface area contributed by atoms with Crippen LogP contribution < -0.4 is 15.5 Å². The number of thiazole rings is 1. The van der Waals surface area contributed by atoms with Gasteiger partial charge in [0.15, 0.2) is 10.8 Å². The maximum Gasteiger partial charge on any atom is 0.407 e. The van der Waals surface area contributed by atoms with E-state index in [9.17, 15) is 9.59 Å². The molecule has 0 unspecified atom stereocenters. The number of H-pyrrole nitrogens is 1. The predicted molar refractivity (Wildman–Crippen MR) is 159 cm³/mol. The number of piperazine rings is 1. The van der Waals surface area contributed by atoms with Crippen molar-refractivity contribution in [1.82, 2.24) is 30.2 Å². The molecule has 2 amide bonds. The molecule has 11 nitrogen and oxygen atoms in total. The smallest absolute Gasteiger partial charge is 0.407 e. The first-order valence-electron chi connectivity index (χ1n) is 12.9. The summed E-state index contributed by atoms with van der Waals surface area (Å²) in [6.45, 7) is 9.20. The number of ether oxygens (including phenoxy) is 1. The van der Waals surface area contributed by atoms with Crippen molar-refractivity contribution >= 4 is 61.2 Å². The molecule has 1 aliphatic heterocycles. The molecule has 0 bridgehead atoms. The fourth-order valence-electron chi connectivity index (χ4n) is 4.40. The average molecular weight is 628 g/mol. The summed E-state index contributed by atoms with van der Waals surface area (Å²) in [5, 5.41) is 8.08. The van der Waals surface area contributed by atoms with Gasteiger partial charge in [0, 0.05) is 56.1 Å². The number of alkyl carbamates (subject to hydrolysis) is 1. The third-order valence-electron chi connectivity index (χ3n) is 6.24. The van der Waals surface area contributed by atoms with Gasteiger partial charge in [-0.05, 0) is 42.3 Å². The number of hydrogen-bond donors (Lipinski definition) is 3. The number of carbonyl (C=O) groups excluding carboxylic acids is 2. The third kappa shape index (κ3) is 6.95. The van der Waals surface area contributed by atoms with E-state index in [2.05, 4.69) is 51.3 Å². The zero-order chi connectivity index (χ0) is 28.3. The van der Waals surface area contributed by atoms with Crippen LogP contribution in [0.5, 0.6) is 0 Å². The van der Waals surface area contributed by atoms with Crippen LogP contribution >= 0.6 is 27.3 Å². The van der Waals surface area contributed by atoms with Crippen molar-refractivity contribution in [2.75, 3.05) is 42.9 Å². The van der Waals surface area contributed by atoms with E-state index in [1.54, 1.807) is 12.4 Å². The SMILES string of the molecule is CC(C)(C)OC(=O)NCc1ccc(-c2nc3c(N4CCN(CC(=O)Nc5nccs5)CC4)c(Br)cnc3[nH]2)cc1. The topological polar surface area (TPSA) is 128 Å². The van der Waals surface area contributed by atoms with Crippen LogP contribution in [0, 0.1) is 0 Å². The molecule has 1 fully saturated rings. The van der Waals surface area contributed by atoms with Crippen molar-refractivity contribution in [3.8, 4) is 11.4 Å². The number of hydrogen-bond acceptors (Lipinski definition) is 9. The summed E-state index contributed by atoms with van der Waals surface area (Å²) in [7, 11) is 0. The molecule has 4 aromatic rings. The Morgan fingerprint density at radius 1 is 1.12 bits per heavy atom. The van der Waals surface area contributed by atoms with E-state index in [4.69, 9.17) is 9.72 Å². The summed E-state index contributed by atoms with van der Waals surface area (Å²) < 4.78 is 6.17. The molecule has 1 aliphatic rings. The van der Waals surface area contributed by atoms with Crippen molar-refractivity contribution in [3.63, 3.8) is 0 Å². The van der Waals surface area contributed by atoms with Gasteiger partial charge in [0.1, 0.15) is 16.9 Å². The Labute approximate surface area is 244 Å². The molecule has 1 aromatic carbocycles. The Morgan fingerprint density at radius 2 is 1.88 bits per heavy atom. The minimum absolute atomic E-state index is 0.0561. The maximum absolute atomic E-state index is 12.4. The van der Waals surface area contributed by atoms with Gasteiger partial charge in [-0.3, -0.25) is 9.69 Å². The number of aromatic nitrogens is 4. The first-order valence-corrected chi connectivity index (χ1v) is 14.6. The summed E-state index contributed by atoms with van der Waals surface area (Å²) in [4.78, 5) is 45.7. The molecule has 0 atom stereocenters. The standard InChI is InChI=1S/C27H31BrN8O3S/c1-27(2,3)39-26(38)31-14-17-4-6-18(7-5-17)23-33-21-22(19(28)15-30-24(21)34-23)36-11-9-35(10-12-36)16-20(37)32-25-29-8-13-40-25/h4-8,13,15H,9-12,14,16H2,1-3H3,(H,31,38)(H,29,32,37)(H,30,33,34). The van der Waals surface area contributed by atoms with E-state index in [-0.39, 0.29) is 5.91 Å². The molecular weight excluding hydrogens is 596 g/mol. The molecular formula is C27H31BrN8O3S. The van der Waals surface area contributed by atoms with Gasteiger partial charge in [-0.2, -0.15) is 0 Å². The number of benzene rings is 1. The Bertz CT molecular complexity index is 1480. The normalized spacial score (nSPS) is 14.3. The summed E-state index contributed by atoms with van der Waals surface area (Å²) in [6.07, 6.45) is 3.02. The fraction of sp³-hybridized carbons (Fsp3) is 0.370. The number of rotatable bonds is 7. The van der Waals surface area contributed by atoms with Crippen LogP contribution in [-0.4, -0.2) is 75.2 Å². The molecule has 13 heteroatoms. The van der Waals surface area contributed by atoms with Gasteiger partial charge in [0.2, 0.25) is 5.91 Å². The van der Waals surface area contributed by atoms with Crippen molar-refractivity contribution in [1.29, 1.82) is 0 Å². The minimum Gasteiger partial charge on any atom is -0.444 e. The second-order valence-corrected chi connectivity index (χ2v) is 12.2. The van der Waals surface area contributed by atoms with Gasteiger partial charge >= 0.3 is 6.09 Å². The molecule has 40 heavy (non-hydrogen) atoms. The van der Waals surface area contributed by atoms with Crippen LogP contribution in [0.25, 0.3) is 22.6 Å². The molecule has 1 saturated heterocycles. The number of nitrogens with one attached hydrogen (secondary N) is 3. The Kier molecular flexibility index (Phi) is 8.33. The molecule has 210 valence electrons. The van der Waals surface area contributed by atoms with E-state index in [1.165, 1.54) is 11.3 Å². The lowest BCUT2D eigenvalue weighted by molar-refractivity contribution is -0.117. The Balaban J connectivity index is 1.23. The van der Waals surface area contributed by atoms with Crippen molar-refractivity contribution in [3.05, 3.63) is 52.1 Å². The highest BCUT2D eigenvalue weighted by molar-refractivity contribution is 9.10. The lowest BCUT2D eigenvalue weighted by Crippen LogP contribution is -2.48. The van der Waals surface area contributed by atoms with Crippen LogP contribution in [0.1, 0.15) is 26.3 Å².